The Hall–Kier alpha value is -2.60. The van der Waals surface area contributed by atoms with Crippen LogP contribution in [0.15, 0.2) is 24.3 Å². The third-order valence-corrected chi connectivity index (χ3v) is 4.99. The summed E-state index contributed by atoms with van der Waals surface area (Å²) in [5.41, 5.74) is 1.46. The molecule has 1 heterocycles. The van der Waals surface area contributed by atoms with E-state index in [9.17, 15) is 14.4 Å². The number of hydrogen-bond acceptors (Lipinski definition) is 4. The van der Waals surface area contributed by atoms with Gasteiger partial charge in [-0.1, -0.05) is 23.7 Å². The second kappa shape index (κ2) is 8.82. The van der Waals surface area contributed by atoms with Gasteiger partial charge in [-0.3, -0.25) is 9.59 Å². The molecule has 6 nitrogen and oxygen atoms in total. The molecular weight excluding hydrogens is 392 g/mol. The first-order valence-corrected chi connectivity index (χ1v) is 9.82. The SMILES string of the molecule is CCOC(=O)c1[nH]c(C)c(C(=O)CN(C(=O)c2ccccc2Cl)C(C)(C)C)c1C. The van der Waals surface area contributed by atoms with E-state index in [2.05, 4.69) is 4.98 Å². The number of hydrogen-bond donors (Lipinski definition) is 1. The van der Waals surface area contributed by atoms with Crippen molar-refractivity contribution in [1.29, 1.82) is 0 Å². The van der Waals surface area contributed by atoms with E-state index in [1.165, 1.54) is 4.90 Å². The van der Waals surface area contributed by atoms with Crippen molar-refractivity contribution in [3.63, 3.8) is 0 Å². The molecule has 0 spiro atoms. The van der Waals surface area contributed by atoms with E-state index < -0.39 is 11.5 Å². The number of esters is 1. The standard InChI is InChI=1S/C22H27ClN2O4/c1-7-29-21(28)19-13(2)18(14(3)24-19)17(26)12-25(22(4,5)6)20(27)15-10-8-9-11-16(15)23/h8-11,24H,7,12H2,1-6H3. The number of nitrogens with zero attached hydrogens (tertiary/aromatic N) is 1. The Kier molecular flexibility index (Phi) is 6.90. The van der Waals surface area contributed by atoms with Crippen LogP contribution in [0.2, 0.25) is 5.02 Å². The summed E-state index contributed by atoms with van der Waals surface area (Å²) >= 11 is 6.20. The molecular formula is C22H27ClN2O4. The van der Waals surface area contributed by atoms with Crippen LogP contribution in [0.5, 0.6) is 0 Å². The number of halogens is 1. The first kappa shape index (κ1) is 22.7. The van der Waals surface area contributed by atoms with Crippen molar-refractivity contribution in [2.45, 2.75) is 47.1 Å². The zero-order chi connectivity index (χ0) is 21.9. The van der Waals surface area contributed by atoms with Crippen LogP contribution in [-0.2, 0) is 4.74 Å². The number of benzene rings is 1. The summed E-state index contributed by atoms with van der Waals surface area (Å²) in [5, 5.41) is 0.331. The molecule has 0 saturated carbocycles. The van der Waals surface area contributed by atoms with Gasteiger partial charge in [-0.2, -0.15) is 0 Å². The number of aromatic amines is 1. The maximum absolute atomic E-state index is 13.2. The molecule has 0 aliphatic rings. The van der Waals surface area contributed by atoms with E-state index in [0.717, 1.165) is 0 Å². The van der Waals surface area contributed by atoms with E-state index >= 15 is 0 Å². The monoisotopic (exact) mass is 418 g/mol. The van der Waals surface area contributed by atoms with Crippen molar-refractivity contribution in [2.24, 2.45) is 0 Å². The number of ether oxygens (including phenoxy) is 1. The fraction of sp³-hybridized carbons (Fsp3) is 0.409. The largest absolute Gasteiger partial charge is 0.461 e. The van der Waals surface area contributed by atoms with Crippen molar-refractivity contribution < 1.29 is 19.1 Å². The van der Waals surface area contributed by atoms with Gasteiger partial charge in [0.15, 0.2) is 5.78 Å². The highest BCUT2D eigenvalue weighted by Crippen LogP contribution is 2.25. The zero-order valence-electron chi connectivity index (χ0n) is 17.7. The minimum atomic E-state index is -0.617. The van der Waals surface area contributed by atoms with Gasteiger partial charge in [-0.15, -0.1) is 0 Å². The molecule has 2 rings (SSSR count). The average Bonchev–Trinajstić information content (AvgIpc) is 2.93. The smallest absolute Gasteiger partial charge is 0.355 e. The molecule has 0 aliphatic heterocycles. The number of amides is 1. The van der Waals surface area contributed by atoms with Crippen LogP contribution in [-0.4, -0.2) is 46.2 Å². The molecule has 0 atom stereocenters. The maximum atomic E-state index is 13.2. The highest BCUT2D eigenvalue weighted by atomic mass is 35.5. The second-order valence-electron chi connectivity index (χ2n) is 7.81. The van der Waals surface area contributed by atoms with Gasteiger partial charge in [0.05, 0.1) is 23.7 Å². The molecule has 1 N–H and O–H groups in total. The molecule has 1 aromatic heterocycles. The summed E-state index contributed by atoms with van der Waals surface area (Å²) in [6, 6.07) is 6.76. The number of H-pyrrole nitrogens is 1. The lowest BCUT2D eigenvalue weighted by atomic mass is 10.00. The molecule has 1 aromatic carbocycles. The van der Waals surface area contributed by atoms with Gasteiger partial charge in [0.1, 0.15) is 5.69 Å². The van der Waals surface area contributed by atoms with E-state index in [1.807, 2.05) is 20.8 Å². The molecule has 0 saturated heterocycles. The number of aromatic nitrogens is 1. The Labute approximate surface area is 176 Å². The fourth-order valence-corrected chi connectivity index (χ4v) is 3.41. The predicted molar refractivity (Wildman–Crippen MR) is 113 cm³/mol. The summed E-state index contributed by atoms with van der Waals surface area (Å²) < 4.78 is 5.04. The van der Waals surface area contributed by atoms with E-state index in [0.29, 0.717) is 27.4 Å². The van der Waals surface area contributed by atoms with Gasteiger partial charge < -0.3 is 14.6 Å². The van der Waals surface area contributed by atoms with Gasteiger partial charge in [0, 0.05) is 16.8 Å². The molecule has 0 fully saturated rings. The molecule has 0 unspecified atom stereocenters. The van der Waals surface area contributed by atoms with Crippen LogP contribution in [0, 0.1) is 13.8 Å². The number of aryl methyl sites for hydroxylation is 1. The number of Topliss-reactive ketones (excluding diaryl/α,β-unsaturated/α-hetero) is 1. The van der Waals surface area contributed by atoms with Gasteiger partial charge in [-0.25, -0.2) is 4.79 Å². The number of carbonyl (C=O) groups excluding carboxylic acids is 3. The van der Waals surface area contributed by atoms with Crippen molar-refractivity contribution in [1.82, 2.24) is 9.88 Å². The molecule has 29 heavy (non-hydrogen) atoms. The first-order valence-electron chi connectivity index (χ1n) is 9.45. The average molecular weight is 419 g/mol. The Balaban J connectivity index is 2.39. The van der Waals surface area contributed by atoms with Crippen LogP contribution in [0.1, 0.15) is 70.2 Å². The third-order valence-electron chi connectivity index (χ3n) is 4.66. The maximum Gasteiger partial charge on any atom is 0.355 e. The normalized spacial score (nSPS) is 11.3. The Morgan fingerprint density at radius 2 is 1.76 bits per heavy atom. The minimum absolute atomic E-state index is 0.143. The summed E-state index contributed by atoms with van der Waals surface area (Å²) in [5.74, 6) is -1.10. The zero-order valence-corrected chi connectivity index (χ0v) is 18.4. The Morgan fingerprint density at radius 1 is 1.14 bits per heavy atom. The lowest BCUT2D eigenvalue weighted by Crippen LogP contribution is -2.48. The lowest BCUT2D eigenvalue weighted by molar-refractivity contribution is 0.0517. The van der Waals surface area contributed by atoms with Crippen molar-refractivity contribution in [3.05, 3.63) is 57.4 Å². The number of carbonyl (C=O) groups is 3. The second-order valence-corrected chi connectivity index (χ2v) is 8.22. The highest BCUT2D eigenvalue weighted by molar-refractivity contribution is 6.33. The van der Waals surface area contributed by atoms with Crippen LogP contribution in [0.3, 0.4) is 0 Å². The van der Waals surface area contributed by atoms with Crippen molar-refractivity contribution in [2.75, 3.05) is 13.2 Å². The highest BCUT2D eigenvalue weighted by Gasteiger charge is 2.32. The summed E-state index contributed by atoms with van der Waals surface area (Å²) in [6.45, 7) is 10.8. The summed E-state index contributed by atoms with van der Waals surface area (Å²) in [6.07, 6.45) is 0. The van der Waals surface area contributed by atoms with E-state index in [1.54, 1.807) is 45.0 Å². The van der Waals surface area contributed by atoms with Gasteiger partial charge in [0.25, 0.3) is 5.91 Å². The fourth-order valence-electron chi connectivity index (χ4n) is 3.19. The van der Waals surface area contributed by atoms with Gasteiger partial charge >= 0.3 is 5.97 Å². The van der Waals surface area contributed by atoms with Crippen LogP contribution < -0.4 is 0 Å². The van der Waals surface area contributed by atoms with Crippen LogP contribution >= 0.6 is 11.6 Å². The summed E-state index contributed by atoms with van der Waals surface area (Å²) in [4.78, 5) is 42.9. The Morgan fingerprint density at radius 3 is 2.31 bits per heavy atom. The molecule has 0 aliphatic carbocycles. The topological polar surface area (TPSA) is 79.5 Å². The predicted octanol–water partition coefficient (Wildman–Crippen LogP) is 4.59. The summed E-state index contributed by atoms with van der Waals surface area (Å²) in [7, 11) is 0. The first-order chi connectivity index (χ1) is 13.5. The third kappa shape index (κ3) is 4.88. The Bertz CT molecular complexity index is 941. The molecule has 7 heteroatoms. The number of rotatable bonds is 6. The van der Waals surface area contributed by atoms with E-state index in [-0.39, 0.29) is 30.5 Å². The van der Waals surface area contributed by atoms with Gasteiger partial charge in [0.2, 0.25) is 0 Å². The molecule has 156 valence electrons. The quantitative estimate of drug-likeness (QED) is 0.549. The van der Waals surface area contributed by atoms with Crippen LogP contribution in [0.4, 0.5) is 0 Å². The number of nitrogens with one attached hydrogen (secondary N) is 1. The minimum Gasteiger partial charge on any atom is -0.461 e. The number of ketones is 1. The van der Waals surface area contributed by atoms with E-state index in [4.69, 9.17) is 16.3 Å². The molecule has 2 aromatic rings. The van der Waals surface area contributed by atoms with Crippen LogP contribution in [0.25, 0.3) is 0 Å². The molecule has 0 bridgehead atoms. The van der Waals surface area contributed by atoms with Gasteiger partial charge in [-0.05, 0) is 59.2 Å². The molecule has 0 radical (unpaired) electrons. The lowest BCUT2D eigenvalue weighted by Gasteiger charge is -2.35. The molecule has 1 amide bonds. The van der Waals surface area contributed by atoms with Crippen molar-refractivity contribution >= 4 is 29.3 Å². The van der Waals surface area contributed by atoms with Crippen molar-refractivity contribution in [3.8, 4) is 0 Å².